The molecule has 1 aliphatic rings. The molecule has 6 nitrogen and oxygen atoms in total. The Kier molecular flexibility index (Phi) is 5.02. The Morgan fingerprint density at radius 3 is 2.97 bits per heavy atom. The van der Waals surface area contributed by atoms with Gasteiger partial charge in [-0.3, -0.25) is 4.90 Å². The van der Waals surface area contributed by atoms with Crippen molar-refractivity contribution in [3.8, 4) is 0 Å². The number of aliphatic hydroxyl groups is 1. The van der Waals surface area contributed by atoms with Crippen molar-refractivity contribution in [2.45, 2.75) is 31.5 Å². The number of nitrogens with one attached hydrogen (secondary N) is 1. The molecular weight excluding hydrogens is 407 g/mol. The van der Waals surface area contributed by atoms with E-state index in [1.54, 1.807) is 6.07 Å². The Hall–Kier alpha value is -2.74. The maximum absolute atomic E-state index is 13.3. The second-order valence-corrected chi connectivity index (χ2v) is 8.06. The molecule has 30 heavy (non-hydrogen) atoms. The van der Waals surface area contributed by atoms with Crippen LogP contribution < -0.4 is 0 Å². The molecule has 154 valence electrons. The Labute approximate surface area is 177 Å². The van der Waals surface area contributed by atoms with E-state index in [1.807, 2.05) is 24.4 Å². The number of aliphatic hydroxyl groups excluding tert-OH is 1. The monoisotopic (exact) mass is 426 g/mol. The van der Waals surface area contributed by atoms with E-state index in [1.165, 1.54) is 12.1 Å². The standard InChI is InChI=1S/C22H20ClFN4O2/c23-18-8-15(24)6-5-13(18)7-21-26-22(30-27-21)20-9-16(29)12-28(20)11-14-10-25-19-4-2-1-3-17(14)19/h1-6,8,10,16,20,25,29H,7,9,11-12H2. The van der Waals surface area contributed by atoms with E-state index < -0.39 is 6.10 Å². The molecule has 0 bridgehead atoms. The number of hydrogen-bond acceptors (Lipinski definition) is 5. The summed E-state index contributed by atoms with van der Waals surface area (Å²) in [6, 6.07) is 12.2. The SMILES string of the molecule is OC1CC(c2nc(Cc3ccc(F)cc3Cl)no2)N(Cc2c[nH]c3ccccc23)C1. The molecule has 0 aliphatic carbocycles. The van der Waals surface area contributed by atoms with Gasteiger partial charge in [0.1, 0.15) is 5.82 Å². The van der Waals surface area contributed by atoms with Crippen molar-refractivity contribution < 1.29 is 14.0 Å². The third kappa shape index (κ3) is 3.71. The van der Waals surface area contributed by atoms with Crippen LogP contribution in [-0.2, 0) is 13.0 Å². The molecule has 0 spiro atoms. The van der Waals surface area contributed by atoms with Gasteiger partial charge in [0.25, 0.3) is 0 Å². The highest BCUT2D eigenvalue weighted by molar-refractivity contribution is 6.31. The van der Waals surface area contributed by atoms with Crippen LogP contribution in [0.3, 0.4) is 0 Å². The summed E-state index contributed by atoms with van der Waals surface area (Å²) in [7, 11) is 0. The number of hydrogen-bond donors (Lipinski definition) is 2. The van der Waals surface area contributed by atoms with Crippen LogP contribution in [0.25, 0.3) is 10.9 Å². The van der Waals surface area contributed by atoms with Gasteiger partial charge in [-0.25, -0.2) is 4.39 Å². The fourth-order valence-electron chi connectivity index (χ4n) is 4.10. The molecule has 4 aromatic rings. The van der Waals surface area contributed by atoms with Crippen LogP contribution in [0.15, 0.2) is 53.2 Å². The normalized spacial score (nSPS) is 19.7. The Morgan fingerprint density at radius 1 is 1.23 bits per heavy atom. The molecule has 0 amide bonds. The third-order valence-electron chi connectivity index (χ3n) is 5.56. The second-order valence-electron chi connectivity index (χ2n) is 7.66. The van der Waals surface area contributed by atoms with Crippen molar-refractivity contribution in [3.05, 3.63) is 82.3 Å². The van der Waals surface area contributed by atoms with Gasteiger partial charge in [-0.05, 0) is 35.7 Å². The topological polar surface area (TPSA) is 78.2 Å². The summed E-state index contributed by atoms with van der Waals surface area (Å²) in [5.74, 6) is 0.567. The number of rotatable bonds is 5. The van der Waals surface area contributed by atoms with Crippen molar-refractivity contribution in [3.63, 3.8) is 0 Å². The van der Waals surface area contributed by atoms with Crippen LogP contribution in [0.2, 0.25) is 5.02 Å². The second kappa shape index (κ2) is 7.83. The predicted octanol–water partition coefficient (Wildman–Crippen LogP) is 4.24. The minimum Gasteiger partial charge on any atom is -0.392 e. The van der Waals surface area contributed by atoms with Gasteiger partial charge in [-0.2, -0.15) is 4.98 Å². The zero-order chi connectivity index (χ0) is 20.7. The van der Waals surface area contributed by atoms with E-state index >= 15 is 0 Å². The highest BCUT2D eigenvalue weighted by atomic mass is 35.5. The number of β-amino-alcohol motifs (C(OH)–C–C–N with tert-alkyl or cyclic N) is 1. The number of benzene rings is 2. The minimum atomic E-state index is -0.456. The lowest BCUT2D eigenvalue weighted by Gasteiger charge is -2.20. The van der Waals surface area contributed by atoms with Gasteiger partial charge in [0.15, 0.2) is 5.82 Å². The van der Waals surface area contributed by atoms with Gasteiger partial charge in [0.05, 0.1) is 12.1 Å². The van der Waals surface area contributed by atoms with Gasteiger partial charge in [-0.15, -0.1) is 0 Å². The van der Waals surface area contributed by atoms with Gasteiger partial charge >= 0.3 is 0 Å². The lowest BCUT2D eigenvalue weighted by atomic mass is 10.1. The average molecular weight is 427 g/mol. The first-order valence-corrected chi connectivity index (χ1v) is 10.2. The minimum absolute atomic E-state index is 0.168. The van der Waals surface area contributed by atoms with Crippen molar-refractivity contribution in [2.24, 2.45) is 0 Å². The van der Waals surface area contributed by atoms with Crippen LogP contribution in [0.1, 0.15) is 35.3 Å². The largest absolute Gasteiger partial charge is 0.392 e. The number of fused-ring (bicyclic) bond motifs is 1. The van der Waals surface area contributed by atoms with Gasteiger partial charge in [0.2, 0.25) is 5.89 Å². The molecule has 2 aromatic heterocycles. The van der Waals surface area contributed by atoms with Crippen molar-refractivity contribution in [2.75, 3.05) is 6.54 Å². The lowest BCUT2D eigenvalue weighted by Crippen LogP contribution is -2.24. The summed E-state index contributed by atoms with van der Waals surface area (Å²) in [6.07, 6.45) is 2.42. The van der Waals surface area contributed by atoms with Crippen LogP contribution in [0.5, 0.6) is 0 Å². The molecule has 2 atom stereocenters. The first-order chi connectivity index (χ1) is 14.6. The van der Waals surface area contributed by atoms with Crippen molar-refractivity contribution >= 4 is 22.5 Å². The number of nitrogens with zero attached hydrogens (tertiary/aromatic N) is 3. The maximum atomic E-state index is 13.3. The van der Waals surface area contributed by atoms with Crippen LogP contribution >= 0.6 is 11.6 Å². The third-order valence-corrected chi connectivity index (χ3v) is 5.91. The van der Waals surface area contributed by atoms with E-state index in [0.717, 1.165) is 22.0 Å². The Morgan fingerprint density at radius 2 is 2.10 bits per heavy atom. The van der Waals surface area contributed by atoms with E-state index in [2.05, 4.69) is 26.1 Å². The molecule has 1 saturated heterocycles. The molecular formula is C22H20ClFN4O2. The van der Waals surface area contributed by atoms with Gasteiger partial charge in [0, 0.05) is 41.6 Å². The van der Waals surface area contributed by atoms with Gasteiger partial charge in [-0.1, -0.05) is 41.0 Å². The summed E-state index contributed by atoms with van der Waals surface area (Å²) in [5.41, 5.74) is 2.97. The molecule has 0 radical (unpaired) electrons. The summed E-state index contributed by atoms with van der Waals surface area (Å²) in [4.78, 5) is 9.98. The first kappa shape index (κ1) is 19.2. The Bertz CT molecular complexity index is 1190. The zero-order valence-electron chi connectivity index (χ0n) is 16.1. The molecule has 5 rings (SSSR count). The summed E-state index contributed by atoms with van der Waals surface area (Å²) >= 11 is 6.11. The van der Waals surface area contributed by atoms with E-state index in [0.29, 0.717) is 42.7 Å². The number of aromatic amines is 1. The molecule has 1 fully saturated rings. The predicted molar refractivity (Wildman–Crippen MR) is 111 cm³/mol. The molecule has 3 heterocycles. The molecule has 2 unspecified atom stereocenters. The van der Waals surface area contributed by atoms with Crippen LogP contribution in [0, 0.1) is 5.82 Å². The number of halogens is 2. The molecule has 0 saturated carbocycles. The van der Waals surface area contributed by atoms with Crippen LogP contribution in [-0.4, -0.2) is 37.8 Å². The summed E-state index contributed by atoms with van der Waals surface area (Å²) in [5, 5.41) is 15.9. The average Bonchev–Trinajstić information content (AvgIpc) is 3.44. The molecule has 8 heteroatoms. The highest BCUT2D eigenvalue weighted by Crippen LogP contribution is 2.34. The molecule has 2 aromatic carbocycles. The lowest BCUT2D eigenvalue weighted by molar-refractivity contribution is 0.169. The number of aromatic nitrogens is 3. The fourth-order valence-corrected chi connectivity index (χ4v) is 4.34. The molecule has 2 N–H and O–H groups in total. The number of likely N-dealkylation sites (tertiary alicyclic amines) is 1. The maximum Gasteiger partial charge on any atom is 0.244 e. The van der Waals surface area contributed by atoms with Crippen molar-refractivity contribution in [1.82, 2.24) is 20.0 Å². The Balaban J connectivity index is 1.36. The summed E-state index contributed by atoms with van der Waals surface area (Å²) in [6.45, 7) is 1.19. The van der Waals surface area contributed by atoms with E-state index in [9.17, 15) is 9.50 Å². The first-order valence-electron chi connectivity index (χ1n) is 9.80. The van der Waals surface area contributed by atoms with Crippen molar-refractivity contribution in [1.29, 1.82) is 0 Å². The van der Waals surface area contributed by atoms with Crippen LogP contribution in [0.4, 0.5) is 4.39 Å². The number of H-pyrrole nitrogens is 1. The van der Waals surface area contributed by atoms with Gasteiger partial charge < -0.3 is 14.6 Å². The zero-order valence-corrected chi connectivity index (χ0v) is 16.8. The summed E-state index contributed by atoms with van der Waals surface area (Å²) < 4.78 is 18.8. The van der Waals surface area contributed by atoms with E-state index in [-0.39, 0.29) is 11.9 Å². The number of para-hydroxylation sites is 1. The van der Waals surface area contributed by atoms with E-state index in [4.69, 9.17) is 16.1 Å². The quantitative estimate of drug-likeness (QED) is 0.499. The molecule has 1 aliphatic heterocycles. The highest BCUT2D eigenvalue weighted by Gasteiger charge is 2.36. The fraction of sp³-hybridized carbons (Fsp3) is 0.273. The smallest absolute Gasteiger partial charge is 0.244 e.